The third-order valence-electron chi connectivity index (χ3n) is 6.12. The first-order valence-corrected chi connectivity index (χ1v) is 10.5. The standard InChI is InChI=1S/C29H21N/c1-19-16-23(18-24(17-19)27-10-2-3-15-30-27)25-14-13-22-12-11-21-7-4-6-20-8-5-9-26(25)29(22)28(20)21/h2-7,9-18H,8H2,1H3. The molecule has 1 heterocycles. The molecule has 0 fully saturated rings. The smallest absolute Gasteiger partial charge is 0.0702 e. The molecule has 1 aliphatic carbocycles. The summed E-state index contributed by atoms with van der Waals surface area (Å²) in [4.78, 5) is 4.57. The van der Waals surface area contributed by atoms with Crippen LogP contribution >= 0.6 is 0 Å². The Hall–Kier alpha value is -3.71. The zero-order valence-electron chi connectivity index (χ0n) is 16.9. The summed E-state index contributed by atoms with van der Waals surface area (Å²) in [6.07, 6.45) is 7.46. The number of allylic oxidation sites excluding steroid dienone is 1. The highest BCUT2D eigenvalue weighted by molar-refractivity contribution is 6.15. The van der Waals surface area contributed by atoms with Crippen molar-refractivity contribution in [3.8, 4) is 22.4 Å². The van der Waals surface area contributed by atoms with E-state index >= 15 is 0 Å². The van der Waals surface area contributed by atoms with Crippen molar-refractivity contribution in [2.75, 3.05) is 0 Å². The van der Waals surface area contributed by atoms with Crippen molar-refractivity contribution in [3.63, 3.8) is 0 Å². The maximum absolute atomic E-state index is 4.57. The van der Waals surface area contributed by atoms with Crippen molar-refractivity contribution in [2.45, 2.75) is 13.3 Å². The molecule has 0 N–H and O–H groups in total. The number of pyridine rings is 1. The van der Waals surface area contributed by atoms with Crippen molar-refractivity contribution in [2.24, 2.45) is 0 Å². The van der Waals surface area contributed by atoms with Crippen molar-refractivity contribution in [1.29, 1.82) is 0 Å². The minimum absolute atomic E-state index is 0.970. The lowest BCUT2D eigenvalue weighted by atomic mass is 9.89. The molecule has 0 saturated carbocycles. The maximum Gasteiger partial charge on any atom is 0.0702 e. The second kappa shape index (κ2) is 6.67. The fourth-order valence-electron chi connectivity index (χ4n) is 4.82. The summed E-state index contributed by atoms with van der Waals surface area (Å²) in [6.45, 7) is 2.16. The molecular formula is C29H21N. The van der Waals surface area contributed by atoms with Crippen molar-refractivity contribution in [3.05, 3.63) is 108 Å². The molecule has 0 spiro atoms. The fraction of sp³-hybridized carbons (Fsp3) is 0.0690. The zero-order valence-corrected chi connectivity index (χ0v) is 16.9. The monoisotopic (exact) mass is 383 g/mol. The van der Waals surface area contributed by atoms with Gasteiger partial charge in [-0.2, -0.15) is 0 Å². The molecule has 4 aromatic carbocycles. The van der Waals surface area contributed by atoms with Gasteiger partial charge in [0.1, 0.15) is 0 Å². The van der Waals surface area contributed by atoms with Crippen LogP contribution in [0.15, 0.2) is 91.1 Å². The molecule has 0 aliphatic heterocycles. The minimum atomic E-state index is 0.970. The summed E-state index contributed by atoms with van der Waals surface area (Å²) < 4.78 is 0. The molecule has 0 amide bonds. The van der Waals surface area contributed by atoms with Crippen LogP contribution in [-0.4, -0.2) is 4.98 Å². The quantitative estimate of drug-likeness (QED) is 0.286. The van der Waals surface area contributed by atoms with E-state index < -0.39 is 0 Å². The Morgan fingerprint density at radius 1 is 0.733 bits per heavy atom. The third-order valence-corrected chi connectivity index (χ3v) is 6.12. The maximum atomic E-state index is 4.57. The summed E-state index contributed by atoms with van der Waals surface area (Å²) >= 11 is 0. The molecule has 0 radical (unpaired) electrons. The van der Waals surface area contributed by atoms with E-state index in [0.717, 1.165) is 17.7 Å². The summed E-state index contributed by atoms with van der Waals surface area (Å²) in [7, 11) is 0. The lowest BCUT2D eigenvalue weighted by molar-refractivity contribution is 1.32. The predicted octanol–water partition coefficient (Wildman–Crippen LogP) is 7.60. The van der Waals surface area contributed by atoms with Gasteiger partial charge in [-0.15, -0.1) is 0 Å². The van der Waals surface area contributed by atoms with E-state index in [4.69, 9.17) is 0 Å². The molecule has 6 rings (SSSR count). The molecule has 1 aromatic heterocycles. The molecule has 0 atom stereocenters. The van der Waals surface area contributed by atoms with Crippen LogP contribution in [0.3, 0.4) is 0 Å². The van der Waals surface area contributed by atoms with Gasteiger partial charge in [0.15, 0.2) is 0 Å². The lowest BCUT2D eigenvalue weighted by Crippen LogP contribution is -1.91. The Bertz CT molecular complexity index is 1460. The van der Waals surface area contributed by atoms with Crippen LogP contribution in [0.4, 0.5) is 0 Å². The first kappa shape index (κ1) is 17.2. The Morgan fingerprint density at radius 3 is 2.43 bits per heavy atom. The molecule has 1 nitrogen and oxygen atoms in total. The van der Waals surface area contributed by atoms with Gasteiger partial charge >= 0.3 is 0 Å². The number of hydrogen-bond acceptors (Lipinski definition) is 1. The average Bonchev–Trinajstić information content (AvgIpc) is 2.98. The van der Waals surface area contributed by atoms with Gasteiger partial charge in [0.2, 0.25) is 0 Å². The van der Waals surface area contributed by atoms with E-state index in [9.17, 15) is 0 Å². The van der Waals surface area contributed by atoms with E-state index in [1.807, 2.05) is 18.3 Å². The van der Waals surface area contributed by atoms with E-state index in [1.54, 1.807) is 0 Å². The van der Waals surface area contributed by atoms with Crippen molar-refractivity contribution < 1.29 is 0 Å². The normalized spacial score (nSPS) is 12.6. The van der Waals surface area contributed by atoms with Crippen LogP contribution < -0.4 is 0 Å². The number of nitrogens with zero attached hydrogens (tertiary/aromatic N) is 1. The molecule has 142 valence electrons. The zero-order chi connectivity index (χ0) is 20.1. The lowest BCUT2D eigenvalue weighted by Gasteiger charge is -2.15. The molecule has 1 aliphatic rings. The summed E-state index contributed by atoms with van der Waals surface area (Å²) in [5, 5.41) is 5.39. The minimum Gasteiger partial charge on any atom is -0.256 e. The SMILES string of the molecule is Cc1cc(-c2ccccn2)cc(-c2ccc3ccc4cccc5c4c3c2C=CC5)c1. The highest BCUT2D eigenvalue weighted by Gasteiger charge is 2.15. The van der Waals surface area contributed by atoms with Gasteiger partial charge in [-0.3, -0.25) is 4.98 Å². The van der Waals surface area contributed by atoms with Gasteiger partial charge in [-0.05, 0) is 87.0 Å². The van der Waals surface area contributed by atoms with Crippen LogP contribution in [-0.2, 0) is 6.42 Å². The summed E-state index contributed by atoms with van der Waals surface area (Å²) in [5.74, 6) is 0. The number of aryl methyl sites for hydroxylation is 1. The Kier molecular flexibility index (Phi) is 3.82. The molecule has 30 heavy (non-hydrogen) atoms. The Balaban J connectivity index is 1.67. The Morgan fingerprint density at radius 2 is 1.57 bits per heavy atom. The van der Waals surface area contributed by atoms with Crippen LogP contribution in [0.2, 0.25) is 0 Å². The summed E-state index contributed by atoms with van der Waals surface area (Å²) in [6, 6.07) is 28.6. The first-order chi connectivity index (χ1) is 14.8. The Labute approximate surface area is 176 Å². The second-order valence-electron chi connectivity index (χ2n) is 8.11. The van der Waals surface area contributed by atoms with E-state index in [-0.39, 0.29) is 0 Å². The highest BCUT2D eigenvalue weighted by Crippen LogP contribution is 2.40. The molecule has 0 bridgehead atoms. The molecule has 0 unspecified atom stereocenters. The van der Waals surface area contributed by atoms with Gasteiger partial charge < -0.3 is 0 Å². The number of aromatic nitrogens is 1. The van der Waals surface area contributed by atoms with Crippen molar-refractivity contribution >= 4 is 27.6 Å². The van der Waals surface area contributed by atoms with Gasteiger partial charge in [-0.25, -0.2) is 0 Å². The summed E-state index contributed by atoms with van der Waals surface area (Å²) in [5.41, 5.74) is 8.67. The highest BCUT2D eigenvalue weighted by atomic mass is 14.7. The third kappa shape index (κ3) is 2.67. The second-order valence-corrected chi connectivity index (χ2v) is 8.11. The van der Waals surface area contributed by atoms with E-state index in [0.29, 0.717) is 0 Å². The molecular weight excluding hydrogens is 362 g/mol. The van der Waals surface area contributed by atoms with Crippen LogP contribution in [0.1, 0.15) is 16.7 Å². The number of rotatable bonds is 2. The number of benzene rings is 4. The van der Waals surface area contributed by atoms with Gasteiger partial charge in [-0.1, -0.05) is 66.7 Å². The number of hydrogen-bond donors (Lipinski definition) is 0. The molecule has 0 saturated heterocycles. The van der Waals surface area contributed by atoms with Crippen molar-refractivity contribution in [1.82, 2.24) is 4.98 Å². The first-order valence-electron chi connectivity index (χ1n) is 10.5. The van der Waals surface area contributed by atoms with Crippen LogP contribution in [0.25, 0.3) is 50.0 Å². The van der Waals surface area contributed by atoms with Crippen LogP contribution in [0, 0.1) is 6.92 Å². The average molecular weight is 383 g/mol. The predicted molar refractivity (Wildman–Crippen MR) is 128 cm³/mol. The molecule has 5 aromatic rings. The van der Waals surface area contributed by atoms with E-state index in [1.165, 1.54) is 49.4 Å². The largest absolute Gasteiger partial charge is 0.256 e. The van der Waals surface area contributed by atoms with E-state index in [2.05, 4.69) is 90.8 Å². The fourth-order valence-corrected chi connectivity index (χ4v) is 4.82. The van der Waals surface area contributed by atoms with Gasteiger partial charge in [0.05, 0.1) is 5.69 Å². The van der Waals surface area contributed by atoms with Crippen LogP contribution in [0.5, 0.6) is 0 Å². The van der Waals surface area contributed by atoms with Gasteiger partial charge in [0, 0.05) is 11.8 Å². The van der Waals surface area contributed by atoms with Gasteiger partial charge in [0.25, 0.3) is 0 Å². The molecule has 1 heteroatoms. The topological polar surface area (TPSA) is 12.9 Å².